The molecule has 4 rings (SSSR count). The molecule has 0 saturated heterocycles. The van der Waals surface area contributed by atoms with E-state index in [0.717, 1.165) is 22.0 Å². The highest BCUT2D eigenvalue weighted by molar-refractivity contribution is 5.85. The number of aryl methyl sites for hydroxylation is 1. The summed E-state index contributed by atoms with van der Waals surface area (Å²) in [4.78, 5) is 9.09. The molecule has 142 valence electrons. The maximum atomic E-state index is 5.47. The van der Waals surface area contributed by atoms with E-state index in [1.165, 1.54) is 0 Å². The first-order valence-corrected chi connectivity index (χ1v) is 8.65. The molecule has 0 aliphatic rings. The first-order valence-electron chi connectivity index (χ1n) is 8.65. The monoisotopic (exact) mass is 377 g/mol. The van der Waals surface area contributed by atoms with E-state index in [-0.39, 0.29) is 0 Å². The zero-order valence-electron chi connectivity index (χ0n) is 16.0. The Morgan fingerprint density at radius 1 is 0.821 bits per heavy atom. The van der Waals surface area contributed by atoms with Gasteiger partial charge in [-0.05, 0) is 43.3 Å². The average molecular weight is 377 g/mol. The summed E-state index contributed by atoms with van der Waals surface area (Å²) in [5.74, 6) is 2.41. The Morgan fingerprint density at radius 2 is 1.64 bits per heavy atom. The number of fused-ring (bicyclic) bond motifs is 1. The maximum absolute atomic E-state index is 5.47. The van der Waals surface area contributed by atoms with Crippen molar-refractivity contribution in [1.29, 1.82) is 0 Å². The van der Waals surface area contributed by atoms with Crippen LogP contribution in [0.2, 0.25) is 0 Å². The van der Waals surface area contributed by atoms with E-state index in [0.29, 0.717) is 34.7 Å². The maximum Gasteiger partial charge on any atom is 0.258 e. The van der Waals surface area contributed by atoms with Gasteiger partial charge in [0, 0.05) is 10.9 Å². The minimum Gasteiger partial charge on any atom is -0.493 e. The van der Waals surface area contributed by atoms with E-state index < -0.39 is 0 Å². The average Bonchev–Trinajstić information content (AvgIpc) is 3.22. The van der Waals surface area contributed by atoms with E-state index in [9.17, 15) is 0 Å². The Hall–Kier alpha value is -3.61. The predicted molar refractivity (Wildman–Crippen MR) is 105 cm³/mol. The number of ether oxygens (including phenoxy) is 3. The molecule has 0 spiro atoms. The smallest absolute Gasteiger partial charge is 0.258 e. The van der Waals surface area contributed by atoms with E-state index in [1.807, 2.05) is 31.2 Å². The Kier molecular flexibility index (Phi) is 4.57. The fraction of sp³-hybridized carbons (Fsp3) is 0.190. The van der Waals surface area contributed by atoms with Gasteiger partial charge in [0.2, 0.25) is 11.7 Å². The highest BCUT2D eigenvalue weighted by Crippen LogP contribution is 2.34. The summed E-state index contributed by atoms with van der Waals surface area (Å²) in [5.41, 5.74) is 3.37. The van der Waals surface area contributed by atoms with Crippen LogP contribution >= 0.6 is 0 Å². The molecule has 0 amide bonds. The van der Waals surface area contributed by atoms with Crippen molar-refractivity contribution in [2.75, 3.05) is 21.3 Å². The Balaban J connectivity index is 1.79. The van der Waals surface area contributed by atoms with E-state index in [1.54, 1.807) is 33.5 Å². The summed E-state index contributed by atoms with van der Waals surface area (Å²) in [6.45, 7) is 2.03. The van der Waals surface area contributed by atoms with Crippen LogP contribution in [0.5, 0.6) is 17.4 Å². The number of pyridine rings is 1. The highest BCUT2D eigenvalue weighted by atomic mass is 16.5. The van der Waals surface area contributed by atoms with Gasteiger partial charge in [-0.25, -0.2) is 4.98 Å². The van der Waals surface area contributed by atoms with Gasteiger partial charge in [0.15, 0.2) is 11.5 Å². The van der Waals surface area contributed by atoms with Crippen LogP contribution < -0.4 is 14.2 Å². The van der Waals surface area contributed by atoms with Crippen LogP contribution in [-0.4, -0.2) is 36.5 Å². The first kappa shape index (κ1) is 17.8. The molecule has 0 saturated carbocycles. The van der Waals surface area contributed by atoms with Gasteiger partial charge in [0.1, 0.15) is 0 Å². The van der Waals surface area contributed by atoms with Gasteiger partial charge in [0.05, 0.1) is 32.4 Å². The molecule has 0 bridgehead atoms. The topological polar surface area (TPSA) is 79.5 Å². The fourth-order valence-corrected chi connectivity index (χ4v) is 3.01. The van der Waals surface area contributed by atoms with Crippen molar-refractivity contribution in [3.8, 4) is 40.2 Å². The predicted octanol–water partition coefficient (Wildman–Crippen LogP) is 4.29. The fourth-order valence-electron chi connectivity index (χ4n) is 3.01. The van der Waals surface area contributed by atoms with Crippen LogP contribution in [0.4, 0.5) is 0 Å². The molecule has 28 heavy (non-hydrogen) atoms. The van der Waals surface area contributed by atoms with Crippen molar-refractivity contribution in [2.24, 2.45) is 0 Å². The molecule has 0 aliphatic carbocycles. The Bertz CT molecular complexity index is 1150. The lowest BCUT2D eigenvalue weighted by Gasteiger charge is -2.07. The van der Waals surface area contributed by atoms with Crippen LogP contribution in [0.25, 0.3) is 33.7 Å². The van der Waals surface area contributed by atoms with Crippen LogP contribution in [-0.2, 0) is 0 Å². The quantitative estimate of drug-likeness (QED) is 0.513. The summed E-state index contributed by atoms with van der Waals surface area (Å²) < 4.78 is 21.5. The molecule has 2 aromatic carbocycles. The largest absolute Gasteiger partial charge is 0.493 e. The summed E-state index contributed by atoms with van der Waals surface area (Å²) >= 11 is 0. The van der Waals surface area contributed by atoms with Crippen molar-refractivity contribution >= 4 is 10.9 Å². The molecule has 0 radical (unpaired) electrons. The highest BCUT2D eigenvalue weighted by Gasteiger charge is 2.18. The van der Waals surface area contributed by atoms with Crippen molar-refractivity contribution in [3.05, 3.63) is 48.0 Å². The van der Waals surface area contributed by atoms with Gasteiger partial charge >= 0.3 is 0 Å². The van der Waals surface area contributed by atoms with Crippen molar-refractivity contribution < 1.29 is 18.7 Å². The molecule has 2 aromatic heterocycles. The van der Waals surface area contributed by atoms with Crippen LogP contribution in [0.1, 0.15) is 5.56 Å². The second-order valence-electron chi connectivity index (χ2n) is 6.23. The molecule has 7 heteroatoms. The van der Waals surface area contributed by atoms with Crippen LogP contribution in [0.15, 0.2) is 47.0 Å². The zero-order valence-corrected chi connectivity index (χ0v) is 16.0. The summed E-state index contributed by atoms with van der Waals surface area (Å²) in [5, 5.41) is 5.10. The molecule has 0 fully saturated rings. The molecule has 0 unspecified atom stereocenters. The molecule has 7 nitrogen and oxygen atoms in total. The van der Waals surface area contributed by atoms with Gasteiger partial charge in [-0.2, -0.15) is 4.98 Å². The first-order chi connectivity index (χ1) is 13.6. The normalized spacial score (nSPS) is 10.9. The number of aromatic nitrogens is 3. The minimum absolute atomic E-state index is 0.363. The van der Waals surface area contributed by atoms with Gasteiger partial charge in [0.25, 0.3) is 5.89 Å². The van der Waals surface area contributed by atoms with Gasteiger partial charge in [-0.15, -0.1) is 0 Å². The SMILES string of the molecule is COc1ccc(-c2nc(-c3cc4cc(C)ccc4nc3OC)no2)cc1OC. The summed E-state index contributed by atoms with van der Waals surface area (Å²) in [6.07, 6.45) is 0. The molecule has 0 atom stereocenters. The Morgan fingerprint density at radius 3 is 2.39 bits per heavy atom. The third kappa shape index (κ3) is 3.11. The zero-order chi connectivity index (χ0) is 19.7. The number of methoxy groups -OCH3 is 3. The third-order valence-electron chi connectivity index (χ3n) is 4.43. The Labute approximate surface area is 161 Å². The molecular weight excluding hydrogens is 358 g/mol. The van der Waals surface area contributed by atoms with Crippen LogP contribution in [0, 0.1) is 6.92 Å². The molecule has 4 aromatic rings. The summed E-state index contributed by atoms with van der Waals surface area (Å²) in [6, 6.07) is 13.4. The summed E-state index contributed by atoms with van der Waals surface area (Å²) in [7, 11) is 4.73. The van der Waals surface area contributed by atoms with E-state index in [2.05, 4.69) is 21.2 Å². The lowest BCUT2D eigenvalue weighted by molar-refractivity contribution is 0.355. The standard InChI is InChI=1S/C21H19N3O4/c1-12-5-7-16-14(9-12)10-15(21(22-16)27-4)19-23-20(28-24-19)13-6-8-17(25-2)18(11-13)26-3/h5-11H,1-4H3. The lowest BCUT2D eigenvalue weighted by Crippen LogP contribution is -1.94. The third-order valence-corrected chi connectivity index (χ3v) is 4.43. The van der Waals surface area contributed by atoms with Gasteiger partial charge in [-0.3, -0.25) is 0 Å². The molecule has 0 N–H and O–H groups in total. The molecule has 2 heterocycles. The van der Waals surface area contributed by atoms with Crippen LogP contribution in [0.3, 0.4) is 0 Å². The number of rotatable bonds is 5. The van der Waals surface area contributed by atoms with E-state index in [4.69, 9.17) is 18.7 Å². The second kappa shape index (κ2) is 7.19. The minimum atomic E-state index is 0.363. The van der Waals surface area contributed by atoms with Crippen molar-refractivity contribution in [2.45, 2.75) is 6.92 Å². The second-order valence-corrected chi connectivity index (χ2v) is 6.23. The van der Waals surface area contributed by atoms with Crippen molar-refractivity contribution in [3.63, 3.8) is 0 Å². The number of nitrogens with zero attached hydrogens (tertiary/aromatic N) is 3. The number of benzene rings is 2. The molecule has 0 aliphatic heterocycles. The van der Waals surface area contributed by atoms with Gasteiger partial charge in [-0.1, -0.05) is 16.8 Å². The number of hydrogen-bond acceptors (Lipinski definition) is 7. The van der Waals surface area contributed by atoms with Gasteiger partial charge < -0.3 is 18.7 Å². The van der Waals surface area contributed by atoms with Crippen molar-refractivity contribution in [1.82, 2.24) is 15.1 Å². The van der Waals surface area contributed by atoms with E-state index >= 15 is 0 Å². The molecular formula is C21H19N3O4. The lowest BCUT2D eigenvalue weighted by atomic mass is 10.1. The number of hydrogen-bond donors (Lipinski definition) is 0.